The first-order chi connectivity index (χ1) is 15.4. The highest BCUT2D eigenvalue weighted by Gasteiger charge is 2.19. The predicted octanol–water partition coefficient (Wildman–Crippen LogP) is 4.12. The van der Waals surface area contributed by atoms with Gasteiger partial charge >= 0.3 is 5.63 Å². The molecule has 1 aromatic heterocycles. The average Bonchev–Trinajstić information content (AvgIpc) is 2.76. The molecule has 0 saturated carbocycles. The van der Waals surface area contributed by atoms with Crippen molar-refractivity contribution in [2.24, 2.45) is 0 Å². The van der Waals surface area contributed by atoms with Gasteiger partial charge in [0.15, 0.2) is 16.6 Å². The van der Waals surface area contributed by atoms with E-state index >= 15 is 0 Å². The Labute approximate surface area is 190 Å². The predicted molar refractivity (Wildman–Crippen MR) is 126 cm³/mol. The van der Waals surface area contributed by atoms with Crippen LogP contribution >= 0.6 is 12.2 Å². The van der Waals surface area contributed by atoms with E-state index in [0.717, 1.165) is 5.39 Å². The fourth-order valence-electron chi connectivity index (χ4n) is 3.01. The summed E-state index contributed by atoms with van der Waals surface area (Å²) in [6.45, 7) is 6.77. The average molecular weight is 457 g/mol. The molecular formula is C23H24N2O6S. The second-order valence-electron chi connectivity index (χ2n) is 6.52. The highest BCUT2D eigenvalue weighted by molar-refractivity contribution is 7.80. The van der Waals surface area contributed by atoms with Gasteiger partial charge in [-0.2, -0.15) is 0 Å². The molecule has 2 N–H and O–H groups in total. The van der Waals surface area contributed by atoms with E-state index in [4.69, 9.17) is 30.8 Å². The Morgan fingerprint density at radius 3 is 2.22 bits per heavy atom. The molecule has 0 radical (unpaired) electrons. The van der Waals surface area contributed by atoms with E-state index < -0.39 is 11.5 Å². The Morgan fingerprint density at radius 1 is 0.938 bits per heavy atom. The van der Waals surface area contributed by atoms with Crippen LogP contribution in [0.4, 0.5) is 5.69 Å². The van der Waals surface area contributed by atoms with Gasteiger partial charge in [-0.3, -0.25) is 10.1 Å². The van der Waals surface area contributed by atoms with Gasteiger partial charge in [-0.15, -0.1) is 0 Å². The van der Waals surface area contributed by atoms with Crippen LogP contribution in [0.2, 0.25) is 0 Å². The number of nitrogens with one attached hydrogen (secondary N) is 2. The van der Waals surface area contributed by atoms with Gasteiger partial charge in [-0.05, 0) is 69.4 Å². The molecule has 0 unspecified atom stereocenters. The summed E-state index contributed by atoms with van der Waals surface area (Å²) in [5.74, 6) is 0.858. The number of ether oxygens (including phenoxy) is 3. The van der Waals surface area contributed by atoms with Crippen LogP contribution in [0.5, 0.6) is 17.2 Å². The molecule has 0 atom stereocenters. The molecular weight excluding hydrogens is 432 g/mol. The first kappa shape index (κ1) is 23.1. The Morgan fingerprint density at radius 2 is 1.59 bits per heavy atom. The first-order valence-corrected chi connectivity index (χ1v) is 10.6. The van der Waals surface area contributed by atoms with Crippen molar-refractivity contribution in [3.05, 3.63) is 58.4 Å². The Hall–Kier alpha value is -3.59. The summed E-state index contributed by atoms with van der Waals surface area (Å²) in [5, 5.41) is 6.43. The van der Waals surface area contributed by atoms with Crippen molar-refractivity contribution >= 4 is 39.9 Å². The quantitative estimate of drug-likeness (QED) is 0.386. The van der Waals surface area contributed by atoms with E-state index in [0.29, 0.717) is 53.9 Å². The van der Waals surface area contributed by atoms with Crippen LogP contribution in [-0.4, -0.2) is 30.8 Å². The lowest BCUT2D eigenvalue weighted by molar-refractivity contribution is 0.0976. The number of rotatable bonds is 8. The summed E-state index contributed by atoms with van der Waals surface area (Å²) in [6, 6.07) is 11.3. The van der Waals surface area contributed by atoms with Crippen LogP contribution in [0.3, 0.4) is 0 Å². The zero-order valence-electron chi connectivity index (χ0n) is 18.0. The van der Waals surface area contributed by atoms with Gasteiger partial charge in [0.25, 0.3) is 5.91 Å². The van der Waals surface area contributed by atoms with Gasteiger partial charge in [-0.1, -0.05) is 0 Å². The second kappa shape index (κ2) is 10.6. The lowest BCUT2D eigenvalue weighted by Gasteiger charge is -2.17. The first-order valence-electron chi connectivity index (χ1n) is 10.2. The Kier molecular flexibility index (Phi) is 7.67. The van der Waals surface area contributed by atoms with Crippen LogP contribution in [0.15, 0.2) is 51.7 Å². The minimum Gasteiger partial charge on any atom is -0.490 e. The van der Waals surface area contributed by atoms with Gasteiger partial charge in [-0.25, -0.2) is 4.79 Å². The third-order valence-electron chi connectivity index (χ3n) is 4.28. The normalized spacial score (nSPS) is 10.5. The fourth-order valence-corrected chi connectivity index (χ4v) is 3.22. The summed E-state index contributed by atoms with van der Waals surface area (Å²) in [6.07, 6.45) is 0. The molecule has 168 valence electrons. The van der Waals surface area contributed by atoms with Crippen LogP contribution < -0.4 is 30.5 Å². The van der Waals surface area contributed by atoms with E-state index in [1.165, 1.54) is 6.07 Å². The summed E-state index contributed by atoms with van der Waals surface area (Å²) in [7, 11) is 0. The van der Waals surface area contributed by atoms with E-state index in [2.05, 4.69) is 10.6 Å². The van der Waals surface area contributed by atoms with Crippen molar-refractivity contribution in [2.75, 3.05) is 25.1 Å². The van der Waals surface area contributed by atoms with E-state index in [9.17, 15) is 9.59 Å². The molecule has 9 heteroatoms. The second-order valence-corrected chi connectivity index (χ2v) is 6.92. The highest BCUT2D eigenvalue weighted by Crippen LogP contribution is 2.39. The molecule has 0 aliphatic heterocycles. The van der Waals surface area contributed by atoms with Gasteiger partial charge in [0, 0.05) is 22.7 Å². The zero-order valence-corrected chi connectivity index (χ0v) is 18.8. The van der Waals surface area contributed by atoms with Gasteiger partial charge in [0.05, 0.1) is 19.8 Å². The molecule has 0 aliphatic carbocycles. The minimum absolute atomic E-state index is 0.108. The van der Waals surface area contributed by atoms with E-state index in [1.54, 1.807) is 36.4 Å². The summed E-state index contributed by atoms with van der Waals surface area (Å²) in [4.78, 5) is 24.2. The SMILES string of the molecule is CCOc1cc(C(=O)NC(=S)Nc2ccc3oc(=O)ccc3c2)cc(OCC)c1OCC. The fraction of sp³-hybridized carbons (Fsp3) is 0.261. The van der Waals surface area contributed by atoms with Crippen LogP contribution in [-0.2, 0) is 0 Å². The lowest BCUT2D eigenvalue weighted by Crippen LogP contribution is -2.34. The molecule has 3 aromatic rings. The molecule has 8 nitrogen and oxygen atoms in total. The third kappa shape index (κ3) is 5.55. The van der Waals surface area contributed by atoms with Crippen molar-refractivity contribution in [3.8, 4) is 17.2 Å². The number of thiocarbonyl (C=S) groups is 1. The number of hydrogen-bond acceptors (Lipinski definition) is 7. The van der Waals surface area contributed by atoms with Gasteiger partial charge in [0.1, 0.15) is 5.58 Å². The minimum atomic E-state index is -0.431. The number of carbonyl (C=O) groups excluding carboxylic acids is 1. The van der Waals surface area contributed by atoms with E-state index in [-0.39, 0.29) is 5.11 Å². The van der Waals surface area contributed by atoms with Crippen LogP contribution in [0, 0.1) is 0 Å². The number of anilines is 1. The number of carbonyl (C=O) groups is 1. The molecule has 0 aliphatic rings. The van der Waals surface area contributed by atoms with Gasteiger partial charge in [0.2, 0.25) is 5.75 Å². The molecule has 2 aromatic carbocycles. The number of benzene rings is 2. The van der Waals surface area contributed by atoms with Gasteiger partial charge < -0.3 is 23.9 Å². The third-order valence-corrected chi connectivity index (χ3v) is 4.48. The van der Waals surface area contributed by atoms with Crippen molar-refractivity contribution < 1.29 is 23.4 Å². The van der Waals surface area contributed by atoms with Crippen molar-refractivity contribution in [1.29, 1.82) is 0 Å². The largest absolute Gasteiger partial charge is 0.490 e. The van der Waals surface area contributed by atoms with Crippen LogP contribution in [0.25, 0.3) is 11.0 Å². The maximum Gasteiger partial charge on any atom is 0.336 e. The molecule has 0 spiro atoms. The van der Waals surface area contributed by atoms with E-state index in [1.807, 2.05) is 20.8 Å². The summed E-state index contributed by atoms with van der Waals surface area (Å²) < 4.78 is 22.1. The zero-order chi connectivity index (χ0) is 23.1. The molecule has 0 bridgehead atoms. The molecule has 1 amide bonds. The Balaban J connectivity index is 1.78. The lowest BCUT2D eigenvalue weighted by atomic mass is 10.1. The van der Waals surface area contributed by atoms with Crippen molar-refractivity contribution in [1.82, 2.24) is 5.32 Å². The highest BCUT2D eigenvalue weighted by atomic mass is 32.1. The maximum absolute atomic E-state index is 12.8. The Bertz CT molecular complexity index is 1160. The summed E-state index contributed by atoms with van der Waals surface area (Å²) >= 11 is 5.29. The number of amides is 1. The maximum atomic E-state index is 12.8. The van der Waals surface area contributed by atoms with Crippen LogP contribution in [0.1, 0.15) is 31.1 Å². The molecule has 0 fully saturated rings. The molecule has 32 heavy (non-hydrogen) atoms. The molecule has 3 rings (SSSR count). The monoisotopic (exact) mass is 456 g/mol. The summed E-state index contributed by atoms with van der Waals surface area (Å²) in [5.41, 5.74) is 0.978. The molecule has 1 heterocycles. The van der Waals surface area contributed by atoms with Crippen molar-refractivity contribution in [3.63, 3.8) is 0 Å². The number of fused-ring (bicyclic) bond motifs is 1. The number of hydrogen-bond donors (Lipinski definition) is 2. The smallest absolute Gasteiger partial charge is 0.336 e. The van der Waals surface area contributed by atoms with Crippen molar-refractivity contribution in [2.45, 2.75) is 20.8 Å². The molecule has 0 saturated heterocycles. The topological polar surface area (TPSA) is 99.0 Å². The standard InChI is InChI=1S/C23H24N2O6S/c1-4-28-18-12-15(13-19(29-5-2)21(18)30-6-3)22(27)25-23(32)24-16-8-9-17-14(11-16)7-10-20(26)31-17/h7-13H,4-6H2,1-3H3,(H2,24,25,27,32).